The molecule has 0 bridgehead atoms. The molecule has 4 N–H and O–H groups in total. The van der Waals surface area contributed by atoms with Gasteiger partial charge in [0, 0.05) is 0 Å². The topological polar surface area (TPSA) is 61.3 Å². The number of ether oxygens (including phenoxy) is 1. The second-order valence-electron chi connectivity index (χ2n) is 4.09. The van der Waals surface area contributed by atoms with Gasteiger partial charge in [0.2, 0.25) is 0 Å². The highest BCUT2D eigenvalue weighted by Crippen LogP contribution is 2.37. The second kappa shape index (κ2) is 4.37. The SMILES string of the molecule is Nc1cc(N)c(OCCC2CC2)c(F)c1Cl. The molecule has 0 radical (unpaired) electrons. The summed E-state index contributed by atoms with van der Waals surface area (Å²) < 4.78 is 19.0. The predicted octanol–water partition coefficient (Wildman–Crippen LogP) is 2.82. The number of rotatable bonds is 4. The fraction of sp³-hybridized carbons (Fsp3) is 0.455. The second-order valence-corrected chi connectivity index (χ2v) is 4.47. The summed E-state index contributed by atoms with van der Waals surface area (Å²) in [6.07, 6.45) is 3.41. The highest BCUT2D eigenvalue weighted by molar-refractivity contribution is 6.33. The lowest BCUT2D eigenvalue weighted by Gasteiger charge is -2.11. The molecular formula is C11H14ClFN2O. The molecule has 88 valence electrons. The standard InChI is InChI=1S/C11H14ClFN2O/c12-9-7(14)5-8(15)11(10(9)13)16-4-3-6-1-2-6/h5-6H,1-4,14-15H2. The largest absolute Gasteiger partial charge is 0.488 e. The quantitative estimate of drug-likeness (QED) is 0.801. The Hall–Kier alpha value is -1.16. The fourth-order valence-electron chi connectivity index (χ4n) is 1.53. The van der Waals surface area contributed by atoms with E-state index in [0.29, 0.717) is 6.61 Å². The number of hydrogen-bond acceptors (Lipinski definition) is 3. The average molecular weight is 245 g/mol. The lowest BCUT2D eigenvalue weighted by Crippen LogP contribution is -2.05. The number of benzene rings is 1. The summed E-state index contributed by atoms with van der Waals surface area (Å²) in [6, 6.07) is 1.41. The van der Waals surface area contributed by atoms with Gasteiger partial charge in [-0.1, -0.05) is 24.4 Å². The highest BCUT2D eigenvalue weighted by Gasteiger charge is 2.22. The molecule has 1 aromatic rings. The Bertz CT molecular complexity index is 407. The molecule has 1 saturated carbocycles. The summed E-state index contributed by atoms with van der Waals surface area (Å²) in [5.74, 6) is 0.0725. The molecule has 3 nitrogen and oxygen atoms in total. The number of anilines is 2. The molecular weight excluding hydrogens is 231 g/mol. The van der Waals surface area contributed by atoms with Gasteiger partial charge in [0.1, 0.15) is 5.02 Å². The van der Waals surface area contributed by atoms with Gasteiger partial charge in [-0.3, -0.25) is 0 Å². The van der Waals surface area contributed by atoms with Crippen LogP contribution in [0.15, 0.2) is 6.07 Å². The van der Waals surface area contributed by atoms with Crippen LogP contribution in [0.3, 0.4) is 0 Å². The lowest BCUT2D eigenvalue weighted by molar-refractivity contribution is 0.290. The number of halogens is 2. The van der Waals surface area contributed by atoms with E-state index in [4.69, 9.17) is 27.8 Å². The van der Waals surface area contributed by atoms with Crippen molar-refractivity contribution in [2.24, 2.45) is 5.92 Å². The summed E-state index contributed by atoms with van der Waals surface area (Å²) >= 11 is 5.67. The molecule has 0 unspecified atom stereocenters. The zero-order valence-electron chi connectivity index (χ0n) is 8.80. The molecule has 5 heteroatoms. The van der Waals surface area contributed by atoms with Gasteiger partial charge in [-0.15, -0.1) is 0 Å². The first-order valence-corrected chi connectivity index (χ1v) is 5.63. The normalized spacial score (nSPS) is 15.1. The van der Waals surface area contributed by atoms with E-state index < -0.39 is 5.82 Å². The molecule has 0 aliphatic heterocycles. The van der Waals surface area contributed by atoms with Gasteiger partial charge in [0.25, 0.3) is 0 Å². The minimum absolute atomic E-state index is 0.0138. The third-order valence-electron chi connectivity index (χ3n) is 2.69. The third kappa shape index (κ3) is 2.32. The fourth-order valence-corrected chi connectivity index (χ4v) is 1.67. The molecule has 0 atom stereocenters. The zero-order valence-corrected chi connectivity index (χ0v) is 9.56. The van der Waals surface area contributed by atoms with Crippen LogP contribution in [0.2, 0.25) is 5.02 Å². The Kier molecular flexibility index (Phi) is 3.10. The molecule has 1 aromatic carbocycles. The van der Waals surface area contributed by atoms with E-state index in [-0.39, 0.29) is 22.1 Å². The molecule has 1 aliphatic carbocycles. The van der Waals surface area contributed by atoms with Crippen molar-refractivity contribution in [2.45, 2.75) is 19.3 Å². The molecule has 0 heterocycles. The van der Waals surface area contributed by atoms with Gasteiger partial charge in [-0.2, -0.15) is 0 Å². The van der Waals surface area contributed by atoms with Crippen molar-refractivity contribution in [2.75, 3.05) is 18.1 Å². The van der Waals surface area contributed by atoms with E-state index in [0.717, 1.165) is 12.3 Å². The lowest BCUT2D eigenvalue weighted by atomic mass is 10.2. The Labute approximate surface area is 98.5 Å². The van der Waals surface area contributed by atoms with Gasteiger partial charge in [0.05, 0.1) is 18.0 Å². The summed E-state index contributed by atoms with van der Waals surface area (Å²) in [5.41, 5.74) is 11.4. The Balaban J connectivity index is 2.08. The van der Waals surface area contributed by atoms with Gasteiger partial charge in [-0.25, -0.2) is 4.39 Å². The number of nitrogen functional groups attached to an aromatic ring is 2. The first-order chi connectivity index (χ1) is 7.59. The van der Waals surface area contributed by atoms with Crippen LogP contribution in [0.25, 0.3) is 0 Å². The molecule has 0 saturated heterocycles. The number of nitrogens with two attached hydrogens (primary N) is 2. The van der Waals surface area contributed by atoms with Crippen molar-refractivity contribution in [3.8, 4) is 5.75 Å². The van der Waals surface area contributed by atoms with Crippen LogP contribution >= 0.6 is 11.6 Å². The maximum absolute atomic E-state index is 13.6. The third-order valence-corrected chi connectivity index (χ3v) is 3.07. The van der Waals surface area contributed by atoms with E-state index in [1.165, 1.54) is 18.9 Å². The molecule has 2 rings (SSSR count). The molecule has 1 fully saturated rings. The Morgan fingerprint density at radius 2 is 2.06 bits per heavy atom. The minimum Gasteiger partial charge on any atom is -0.488 e. The van der Waals surface area contributed by atoms with Crippen molar-refractivity contribution < 1.29 is 9.13 Å². The van der Waals surface area contributed by atoms with Crippen molar-refractivity contribution in [3.63, 3.8) is 0 Å². The van der Waals surface area contributed by atoms with Crippen LogP contribution < -0.4 is 16.2 Å². The van der Waals surface area contributed by atoms with Gasteiger partial charge in [-0.05, 0) is 18.4 Å². The maximum Gasteiger partial charge on any atom is 0.187 e. The Morgan fingerprint density at radius 1 is 1.38 bits per heavy atom. The highest BCUT2D eigenvalue weighted by atomic mass is 35.5. The van der Waals surface area contributed by atoms with Crippen molar-refractivity contribution >= 4 is 23.0 Å². The van der Waals surface area contributed by atoms with Crippen molar-refractivity contribution in [1.82, 2.24) is 0 Å². The van der Waals surface area contributed by atoms with Gasteiger partial charge < -0.3 is 16.2 Å². The van der Waals surface area contributed by atoms with Crippen LogP contribution in [0.5, 0.6) is 5.75 Å². The first-order valence-electron chi connectivity index (χ1n) is 5.25. The van der Waals surface area contributed by atoms with Crippen molar-refractivity contribution in [3.05, 3.63) is 16.9 Å². The van der Waals surface area contributed by atoms with E-state index in [9.17, 15) is 4.39 Å². The zero-order chi connectivity index (χ0) is 11.7. The number of hydrogen-bond donors (Lipinski definition) is 2. The maximum atomic E-state index is 13.6. The van der Waals surface area contributed by atoms with E-state index in [1.54, 1.807) is 0 Å². The van der Waals surface area contributed by atoms with Crippen LogP contribution in [0, 0.1) is 11.7 Å². The molecule has 0 spiro atoms. The summed E-state index contributed by atoms with van der Waals surface area (Å²) in [5, 5.41) is -0.129. The Morgan fingerprint density at radius 3 is 2.69 bits per heavy atom. The minimum atomic E-state index is -0.671. The van der Waals surface area contributed by atoms with Crippen LogP contribution in [-0.2, 0) is 0 Å². The van der Waals surface area contributed by atoms with Crippen LogP contribution in [-0.4, -0.2) is 6.61 Å². The van der Waals surface area contributed by atoms with E-state index in [1.807, 2.05) is 0 Å². The first kappa shape index (κ1) is 11.3. The summed E-state index contributed by atoms with van der Waals surface area (Å²) in [4.78, 5) is 0. The smallest absolute Gasteiger partial charge is 0.187 e. The molecule has 0 aromatic heterocycles. The molecule has 1 aliphatic rings. The van der Waals surface area contributed by atoms with Crippen LogP contribution in [0.1, 0.15) is 19.3 Å². The monoisotopic (exact) mass is 244 g/mol. The summed E-state index contributed by atoms with van der Waals surface area (Å²) in [7, 11) is 0. The van der Waals surface area contributed by atoms with Gasteiger partial charge >= 0.3 is 0 Å². The molecule has 16 heavy (non-hydrogen) atoms. The van der Waals surface area contributed by atoms with Crippen LogP contribution in [0.4, 0.5) is 15.8 Å². The molecule has 0 amide bonds. The van der Waals surface area contributed by atoms with Gasteiger partial charge in [0.15, 0.2) is 11.6 Å². The van der Waals surface area contributed by atoms with Crippen molar-refractivity contribution in [1.29, 1.82) is 0 Å². The predicted molar refractivity (Wildman–Crippen MR) is 63.1 cm³/mol. The summed E-state index contributed by atoms with van der Waals surface area (Å²) in [6.45, 7) is 0.464. The van der Waals surface area contributed by atoms with E-state index >= 15 is 0 Å². The average Bonchev–Trinajstić information content (AvgIpc) is 3.04. The van der Waals surface area contributed by atoms with E-state index in [2.05, 4.69) is 0 Å².